The molecule has 162 valence electrons. The molecule has 0 saturated carbocycles. The lowest BCUT2D eigenvalue weighted by atomic mass is 9.98. The number of benzene rings is 3. The number of aromatic nitrogens is 2. The third-order valence-electron chi connectivity index (χ3n) is 5.10. The summed E-state index contributed by atoms with van der Waals surface area (Å²) in [6, 6.07) is 21.8. The second-order valence-corrected chi connectivity index (χ2v) is 8.68. The van der Waals surface area contributed by atoms with Crippen molar-refractivity contribution in [1.82, 2.24) is 9.38 Å². The van der Waals surface area contributed by atoms with Crippen molar-refractivity contribution in [3.8, 4) is 0 Å². The van der Waals surface area contributed by atoms with Gasteiger partial charge >= 0.3 is 5.97 Å². The topological polar surface area (TPSA) is 77.7 Å². The van der Waals surface area contributed by atoms with Gasteiger partial charge in [0.25, 0.3) is 5.56 Å². The van der Waals surface area contributed by atoms with Crippen LogP contribution in [-0.4, -0.2) is 21.1 Å². The van der Waals surface area contributed by atoms with Crippen LogP contribution in [0.2, 0.25) is 5.02 Å². The smallest absolute Gasteiger partial charge is 0.339 e. The van der Waals surface area contributed by atoms with E-state index in [1.54, 1.807) is 42.5 Å². The predicted molar refractivity (Wildman–Crippen MR) is 127 cm³/mol. The zero-order chi connectivity index (χ0) is 22.9. The second-order valence-electron chi connectivity index (χ2n) is 7.23. The Bertz CT molecular complexity index is 1590. The van der Waals surface area contributed by atoms with Crippen molar-refractivity contribution in [2.45, 2.75) is 6.61 Å². The molecule has 0 amide bonds. The van der Waals surface area contributed by atoms with Crippen LogP contribution in [0.25, 0.3) is 15.2 Å². The molecule has 5 rings (SSSR count). The van der Waals surface area contributed by atoms with Crippen molar-refractivity contribution in [2.75, 3.05) is 0 Å². The van der Waals surface area contributed by atoms with E-state index in [4.69, 9.17) is 16.3 Å². The summed E-state index contributed by atoms with van der Waals surface area (Å²) in [4.78, 5) is 43.4. The van der Waals surface area contributed by atoms with Crippen LogP contribution in [0.5, 0.6) is 0 Å². The summed E-state index contributed by atoms with van der Waals surface area (Å²) in [6.07, 6.45) is 0. The number of thiazole rings is 1. The molecule has 0 fully saturated rings. The maximum atomic E-state index is 12.9. The molecule has 6 nitrogen and oxygen atoms in total. The van der Waals surface area contributed by atoms with E-state index >= 15 is 0 Å². The molecular weight excluding hydrogens is 460 g/mol. The number of hydrogen-bond donors (Lipinski definition) is 0. The Kier molecular flexibility index (Phi) is 5.50. The van der Waals surface area contributed by atoms with E-state index in [1.807, 2.05) is 24.3 Å². The number of para-hydroxylation sites is 1. The van der Waals surface area contributed by atoms with Gasteiger partial charge in [0, 0.05) is 22.2 Å². The molecule has 5 aromatic rings. The highest BCUT2D eigenvalue weighted by molar-refractivity contribution is 7.23. The number of halogens is 1. The molecule has 0 saturated heterocycles. The van der Waals surface area contributed by atoms with Crippen LogP contribution in [0.4, 0.5) is 0 Å². The Hall–Kier alpha value is -3.81. The first-order valence-corrected chi connectivity index (χ1v) is 11.2. The lowest BCUT2D eigenvalue weighted by Gasteiger charge is -2.09. The fourth-order valence-electron chi connectivity index (χ4n) is 3.53. The van der Waals surface area contributed by atoms with E-state index < -0.39 is 5.97 Å². The van der Waals surface area contributed by atoms with Crippen molar-refractivity contribution in [1.29, 1.82) is 0 Å². The lowest BCUT2D eigenvalue weighted by molar-refractivity contribution is 0.0465. The van der Waals surface area contributed by atoms with Gasteiger partial charge in [-0.2, -0.15) is 0 Å². The Morgan fingerprint density at radius 3 is 2.42 bits per heavy atom. The molecule has 0 radical (unpaired) electrons. The van der Waals surface area contributed by atoms with E-state index in [-0.39, 0.29) is 29.1 Å². The summed E-state index contributed by atoms with van der Waals surface area (Å²) >= 11 is 7.28. The molecule has 33 heavy (non-hydrogen) atoms. The molecule has 0 aliphatic carbocycles. The summed E-state index contributed by atoms with van der Waals surface area (Å²) in [5.74, 6) is -0.992. The first-order valence-electron chi connectivity index (χ1n) is 9.98. The van der Waals surface area contributed by atoms with E-state index in [1.165, 1.54) is 27.9 Å². The molecule has 8 heteroatoms. The van der Waals surface area contributed by atoms with Crippen LogP contribution in [-0.2, 0) is 11.3 Å². The van der Waals surface area contributed by atoms with E-state index in [0.29, 0.717) is 21.2 Å². The molecule has 0 N–H and O–H groups in total. The van der Waals surface area contributed by atoms with Crippen LogP contribution in [0.15, 0.2) is 83.7 Å². The van der Waals surface area contributed by atoms with Crippen LogP contribution < -0.4 is 5.56 Å². The summed E-state index contributed by atoms with van der Waals surface area (Å²) in [5.41, 5.74) is 1.64. The van der Waals surface area contributed by atoms with Crippen molar-refractivity contribution in [2.24, 2.45) is 0 Å². The standard InChI is InChI=1S/C25H15ClN2O4S/c26-16-11-9-15(10-12-16)23(30)18-5-1-2-6-19(18)24(31)32-14-17-13-22(29)28-20-7-3-4-8-21(20)33-25(28)27-17/h1-13H,14H2. The van der Waals surface area contributed by atoms with Gasteiger partial charge in [-0.05, 0) is 42.5 Å². The number of ketones is 1. The quantitative estimate of drug-likeness (QED) is 0.260. The van der Waals surface area contributed by atoms with Gasteiger partial charge in [-0.25, -0.2) is 9.78 Å². The normalized spacial score (nSPS) is 11.1. The highest BCUT2D eigenvalue weighted by Gasteiger charge is 2.20. The average molecular weight is 475 g/mol. The minimum Gasteiger partial charge on any atom is -0.456 e. The van der Waals surface area contributed by atoms with E-state index in [9.17, 15) is 14.4 Å². The SMILES string of the molecule is O=C(OCc1cc(=O)n2c(n1)sc1ccccc12)c1ccccc1C(=O)c1ccc(Cl)cc1. The minimum absolute atomic E-state index is 0.136. The number of carbonyl (C=O) groups excluding carboxylic acids is 2. The molecule has 2 heterocycles. The second kappa shape index (κ2) is 8.61. The number of rotatable bonds is 5. The fourth-order valence-corrected chi connectivity index (χ4v) is 4.71. The molecule has 0 aliphatic rings. The summed E-state index contributed by atoms with van der Waals surface area (Å²) in [5, 5.41) is 0.512. The number of hydrogen-bond acceptors (Lipinski definition) is 6. The number of ether oxygens (including phenoxy) is 1. The average Bonchev–Trinajstić information content (AvgIpc) is 3.21. The first-order chi connectivity index (χ1) is 16.0. The van der Waals surface area contributed by atoms with Crippen LogP contribution >= 0.6 is 22.9 Å². The van der Waals surface area contributed by atoms with Crippen molar-refractivity contribution < 1.29 is 14.3 Å². The Labute approximate surface area is 196 Å². The van der Waals surface area contributed by atoms with E-state index in [2.05, 4.69) is 4.98 Å². The van der Waals surface area contributed by atoms with Gasteiger partial charge in [-0.3, -0.25) is 14.0 Å². The van der Waals surface area contributed by atoms with Gasteiger partial charge in [0.15, 0.2) is 10.7 Å². The molecule has 0 unspecified atom stereocenters. The number of carbonyl (C=O) groups is 2. The van der Waals surface area contributed by atoms with Gasteiger partial charge in [0.1, 0.15) is 6.61 Å². The Balaban J connectivity index is 1.40. The maximum absolute atomic E-state index is 12.9. The van der Waals surface area contributed by atoms with Crippen molar-refractivity contribution >= 4 is 49.9 Å². The maximum Gasteiger partial charge on any atom is 0.339 e. The molecule has 3 aromatic carbocycles. The Morgan fingerprint density at radius 1 is 0.939 bits per heavy atom. The monoisotopic (exact) mass is 474 g/mol. The fraction of sp³-hybridized carbons (Fsp3) is 0.0400. The summed E-state index contributed by atoms with van der Waals surface area (Å²) < 4.78 is 7.89. The first kappa shape index (κ1) is 21.1. The molecule has 2 aromatic heterocycles. The highest BCUT2D eigenvalue weighted by Crippen LogP contribution is 2.24. The van der Waals surface area contributed by atoms with Crippen LogP contribution in [0.3, 0.4) is 0 Å². The van der Waals surface area contributed by atoms with E-state index in [0.717, 1.165) is 10.2 Å². The van der Waals surface area contributed by atoms with Crippen LogP contribution in [0, 0.1) is 0 Å². The number of fused-ring (bicyclic) bond motifs is 3. The van der Waals surface area contributed by atoms with Crippen LogP contribution in [0.1, 0.15) is 32.0 Å². The van der Waals surface area contributed by atoms with Gasteiger partial charge in [0.2, 0.25) is 0 Å². The lowest BCUT2D eigenvalue weighted by Crippen LogP contribution is -2.16. The predicted octanol–water partition coefficient (Wildman–Crippen LogP) is 5.15. The highest BCUT2D eigenvalue weighted by atomic mass is 35.5. The van der Waals surface area contributed by atoms with Crippen molar-refractivity contribution in [3.05, 3.63) is 117 Å². The molecule has 0 spiro atoms. The van der Waals surface area contributed by atoms with Gasteiger partial charge < -0.3 is 4.74 Å². The van der Waals surface area contributed by atoms with Gasteiger partial charge in [0.05, 0.1) is 21.5 Å². The van der Waals surface area contributed by atoms with Gasteiger partial charge in [-0.15, -0.1) is 0 Å². The zero-order valence-electron chi connectivity index (χ0n) is 17.0. The molecule has 0 aliphatic heterocycles. The molecular formula is C25H15ClN2O4S. The van der Waals surface area contributed by atoms with Gasteiger partial charge in [-0.1, -0.05) is 53.3 Å². The molecule has 0 atom stereocenters. The van der Waals surface area contributed by atoms with Crippen molar-refractivity contribution in [3.63, 3.8) is 0 Å². The zero-order valence-corrected chi connectivity index (χ0v) is 18.6. The largest absolute Gasteiger partial charge is 0.456 e. The Morgan fingerprint density at radius 2 is 1.64 bits per heavy atom. The minimum atomic E-state index is -0.675. The number of esters is 1. The third kappa shape index (κ3) is 4.04. The third-order valence-corrected chi connectivity index (χ3v) is 6.37. The molecule has 0 bridgehead atoms. The summed E-state index contributed by atoms with van der Waals surface area (Å²) in [7, 11) is 0. The summed E-state index contributed by atoms with van der Waals surface area (Å²) in [6.45, 7) is -0.192. The number of nitrogens with zero attached hydrogens (tertiary/aromatic N) is 2.